The quantitative estimate of drug-likeness (QED) is 0.364. The van der Waals surface area contributed by atoms with Crippen molar-refractivity contribution in [2.45, 2.75) is 51.7 Å². The van der Waals surface area contributed by atoms with Crippen LogP contribution in [-0.4, -0.2) is 31.1 Å². The molecule has 0 fully saturated rings. The summed E-state index contributed by atoms with van der Waals surface area (Å²) >= 11 is 0. The van der Waals surface area contributed by atoms with Gasteiger partial charge in [0.05, 0.1) is 13.7 Å². The van der Waals surface area contributed by atoms with E-state index >= 15 is 0 Å². The second-order valence-electron chi connectivity index (χ2n) is 3.51. The zero-order valence-electron chi connectivity index (χ0n) is 9.70. The number of methoxy groups -OCH3 is 1. The molecule has 0 aliphatic carbocycles. The van der Waals surface area contributed by atoms with E-state index in [2.05, 4.69) is 11.7 Å². The van der Waals surface area contributed by atoms with Gasteiger partial charge in [0.25, 0.3) is 6.29 Å². The monoisotopic (exact) mass is 218 g/mol. The van der Waals surface area contributed by atoms with E-state index in [4.69, 9.17) is 9.84 Å². The van der Waals surface area contributed by atoms with Gasteiger partial charge in [-0.1, -0.05) is 39.0 Å². The van der Waals surface area contributed by atoms with Crippen molar-refractivity contribution < 1.29 is 19.4 Å². The van der Waals surface area contributed by atoms with E-state index in [-0.39, 0.29) is 0 Å². The average molecular weight is 218 g/mol. The van der Waals surface area contributed by atoms with Crippen LogP contribution in [0, 0.1) is 0 Å². The molecule has 0 saturated carbocycles. The Morgan fingerprint density at radius 3 is 2.40 bits per heavy atom. The lowest BCUT2D eigenvalue weighted by molar-refractivity contribution is -0.180. The van der Waals surface area contributed by atoms with Crippen LogP contribution in [-0.2, 0) is 14.3 Å². The third kappa shape index (κ3) is 8.39. The van der Waals surface area contributed by atoms with E-state index in [9.17, 15) is 4.79 Å². The third-order valence-corrected chi connectivity index (χ3v) is 2.18. The molecule has 0 aromatic rings. The fraction of sp³-hybridized carbons (Fsp3) is 0.909. The lowest BCUT2D eigenvalue weighted by atomic mass is 10.1. The van der Waals surface area contributed by atoms with Gasteiger partial charge in [-0.05, 0) is 6.42 Å². The Hall–Kier alpha value is -0.610. The van der Waals surface area contributed by atoms with Crippen LogP contribution in [0.2, 0.25) is 0 Å². The Kier molecular flexibility index (Phi) is 9.52. The van der Waals surface area contributed by atoms with Crippen LogP contribution in [0.5, 0.6) is 0 Å². The van der Waals surface area contributed by atoms with Gasteiger partial charge in [0.2, 0.25) is 0 Å². The largest absolute Gasteiger partial charge is 0.465 e. The van der Waals surface area contributed by atoms with Crippen molar-refractivity contribution in [1.29, 1.82) is 0 Å². The van der Waals surface area contributed by atoms with E-state index < -0.39 is 12.3 Å². The van der Waals surface area contributed by atoms with E-state index in [1.165, 1.54) is 32.8 Å². The molecule has 1 N–H and O–H groups in total. The van der Waals surface area contributed by atoms with Crippen molar-refractivity contribution >= 4 is 5.97 Å². The summed E-state index contributed by atoms with van der Waals surface area (Å²) in [6, 6.07) is 0. The molecule has 0 aliphatic heterocycles. The Bertz CT molecular complexity index is 159. The molecule has 1 atom stereocenters. The number of hydrogen-bond donors (Lipinski definition) is 1. The minimum Gasteiger partial charge on any atom is -0.465 e. The molecule has 0 bridgehead atoms. The molecular weight excluding hydrogens is 196 g/mol. The predicted molar refractivity (Wildman–Crippen MR) is 57.4 cm³/mol. The van der Waals surface area contributed by atoms with Crippen LogP contribution in [0.4, 0.5) is 0 Å². The number of unbranched alkanes of at least 4 members (excludes halogenated alkanes) is 5. The number of carbonyl (C=O) groups excluding carboxylic acids is 1. The van der Waals surface area contributed by atoms with Gasteiger partial charge in [-0.3, -0.25) is 0 Å². The second-order valence-corrected chi connectivity index (χ2v) is 3.51. The Morgan fingerprint density at radius 1 is 1.20 bits per heavy atom. The van der Waals surface area contributed by atoms with Gasteiger partial charge < -0.3 is 14.6 Å². The van der Waals surface area contributed by atoms with Crippen molar-refractivity contribution in [3.05, 3.63) is 0 Å². The molecule has 4 heteroatoms. The van der Waals surface area contributed by atoms with Gasteiger partial charge in [0, 0.05) is 0 Å². The molecule has 0 heterocycles. The van der Waals surface area contributed by atoms with Crippen molar-refractivity contribution in [3.63, 3.8) is 0 Å². The summed E-state index contributed by atoms with van der Waals surface area (Å²) in [6.45, 7) is 2.58. The highest BCUT2D eigenvalue weighted by Crippen LogP contribution is 2.05. The van der Waals surface area contributed by atoms with Gasteiger partial charge >= 0.3 is 5.97 Å². The topological polar surface area (TPSA) is 55.8 Å². The third-order valence-electron chi connectivity index (χ3n) is 2.18. The standard InChI is InChI=1S/C11H22O4/c1-3-4-5-6-7-8-9-15-11(13)10(12)14-2/h11,13H,3-9H2,1-2H3/t11-/m0/s1. The summed E-state index contributed by atoms with van der Waals surface area (Å²) in [5, 5.41) is 9.06. The molecule has 0 spiro atoms. The number of aliphatic hydroxyl groups excluding tert-OH is 1. The molecule has 0 aliphatic rings. The molecule has 15 heavy (non-hydrogen) atoms. The van der Waals surface area contributed by atoms with Crippen molar-refractivity contribution in [1.82, 2.24) is 0 Å². The van der Waals surface area contributed by atoms with Gasteiger partial charge in [0.1, 0.15) is 0 Å². The minimum absolute atomic E-state index is 0.405. The Morgan fingerprint density at radius 2 is 1.80 bits per heavy atom. The maximum atomic E-state index is 10.7. The predicted octanol–water partition coefficient (Wildman–Crippen LogP) is 1.85. The van der Waals surface area contributed by atoms with E-state index in [0.29, 0.717) is 6.61 Å². The summed E-state index contributed by atoms with van der Waals surface area (Å²) in [7, 11) is 1.22. The molecule has 0 aromatic carbocycles. The van der Waals surface area contributed by atoms with Gasteiger partial charge in [-0.2, -0.15) is 0 Å². The smallest absolute Gasteiger partial charge is 0.363 e. The second kappa shape index (κ2) is 9.93. The maximum absolute atomic E-state index is 10.7. The SMILES string of the molecule is CCCCCCCCO[C@H](O)C(=O)OC. The Labute approximate surface area is 91.6 Å². The minimum atomic E-state index is -1.43. The molecule has 90 valence electrons. The Balaban J connectivity index is 3.20. The normalized spacial score (nSPS) is 12.5. The average Bonchev–Trinajstić information content (AvgIpc) is 2.26. The highest BCUT2D eigenvalue weighted by atomic mass is 16.6. The highest BCUT2D eigenvalue weighted by molar-refractivity contribution is 5.72. The lowest BCUT2D eigenvalue weighted by Gasteiger charge is -2.09. The fourth-order valence-corrected chi connectivity index (χ4v) is 1.25. The number of ether oxygens (including phenoxy) is 2. The first-order chi connectivity index (χ1) is 7.22. The van der Waals surface area contributed by atoms with Gasteiger partial charge in [-0.15, -0.1) is 0 Å². The fourth-order valence-electron chi connectivity index (χ4n) is 1.25. The van der Waals surface area contributed by atoms with Crippen LogP contribution in [0.15, 0.2) is 0 Å². The number of hydrogen-bond acceptors (Lipinski definition) is 4. The molecule has 0 aromatic heterocycles. The number of carbonyl (C=O) groups is 1. The van der Waals surface area contributed by atoms with Crippen LogP contribution in [0.25, 0.3) is 0 Å². The molecule has 4 nitrogen and oxygen atoms in total. The molecule has 0 saturated heterocycles. The number of aliphatic hydroxyl groups is 1. The van der Waals surface area contributed by atoms with Crippen LogP contribution < -0.4 is 0 Å². The maximum Gasteiger partial charge on any atom is 0.363 e. The first kappa shape index (κ1) is 14.4. The van der Waals surface area contributed by atoms with Gasteiger partial charge in [-0.25, -0.2) is 4.79 Å². The van der Waals surface area contributed by atoms with E-state index in [1.54, 1.807) is 0 Å². The lowest BCUT2D eigenvalue weighted by Crippen LogP contribution is -2.25. The molecule has 0 amide bonds. The first-order valence-corrected chi connectivity index (χ1v) is 5.59. The zero-order valence-corrected chi connectivity index (χ0v) is 9.70. The van der Waals surface area contributed by atoms with Crippen LogP contribution in [0.3, 0.4) is 0 Å². The molecule has 0 rings (SSSR count). The summed E-state index contributed by atoms with van der Waals surface area (Å²) in [5.41, 5.74) is 0. The van der Waals surface area contributed by atoms with Crippen LogP contribution >= 0.6 is 0 Å². The summed E-state index contributed by atoms with van der Waals surface area (Å²) < 4.78 is 9.19. The summed E-state index contributed by atoms with van der Waals surface area (Å²) in [6.07, 6.45) is 5.46. The van der Waals surface area contributed by atoms with Crippen LogP contribution in [0.1, 0.15) is 45.4 Å². The van der Waals surface area contributed by atoms with E-state index in [1.807, 2.05) is 0 Å². The van der Waals surface area contributed by atoms with Crippen molar-refractivity contribution in [3.8, 4) is 0 Å². The summed E-state index contributed by atoms with van der Waals surface area (Å²) in [5.74, 6) is -0.735. The molecule has 0 unspecified atom stereocenters. The van der Waals surface area contributed by atoms with Gasteiger partial charge in [0.15, 0.2) is 0 Å². The van der Waals surface area contributed by atoms with Crippen molar-refractivity contribution in [2.75, 3.05) is 13.7 Å². The zero-order chi connectivity index (χ0) is 11.5. The van der Waals surface area contributed by atoms with Crippen molar-refractivity contribution in [2.24, 2.45) is 0 Å². The number of esters is 1. The first-order valence-electron chi connectivity index (χ1n) is 5.59. The number of rotatable bonds is 9. The molecular formula is C11H22O4. The van der Waals surface area contributed by atoms with E-state index in [0.717, 1.165) is 12.8 Å². The highest BCUT2D eigenvalue weighted by Gasteiger charge is 2.14. The molecule has 0 radical (unpaired) electrons. The summed E-state index contributed by atoms with van der Waals surface area (Å²) in [4.78, 5) is 10.7.